The van der Waals surface area contributed by atoms with Gasteiger partial charge in [0, 0.05) is 12.2 Å². The maximum absolute atomic E-state index is 12.4. The summed E-state index contributed by atoms with van der Waals surface area (Å²) in [4.78, 5) is 20.8. The third-order valence-corrected chi connectivity index (χ3v) is 4.08. The van der Waals surface area contributed by atoms with Crippen molar-refractivity contribution in [3.05, 3.63) is 42.1 Å². The molecule has 0 aliphatic heterocycles. The van der Waals surface area contributed by atoms with E-state index in [2.05, 4.69) is 20.6 Å². The number of hydrogen-bond donors (Lipinski definition) is 2. The van der Waals surface area contributed by atoms with Gasteiger partial charge in [-0.15, -0.1) is 0 Å². The van der Waals surface area contributed by atoms with Crippen molar-refractivity contribution in [3.8, 4) is 0 Å². The predicted octanol–water partition coefficient (Wildman–Crippen LogP) is 3.13. The SMILES string of the molecule is O=C(NC1CCCCCC1)c1ccnc(NCc2ccco2)n1. The average molecular weight is 314 g/mol. The van der Waals surface area contributed by atoms with Crippen molar-refractivity contribution in [1.82, 2.24) is 15.3 Å². The summed E-state index contributed by atoms with van der Waals surface area (Å²) in [5.74, 6) is 1.09. The molecule has 2 heterocycles. The number of carbonyl (C=O) groups excluding carboxylic acids is 1. The molecular formula is C17H22N4O2. The second-order valence-electron chi connectivity index (χ2n) is 5.86. The third-order valence-electron chi connectivity index (χ3n) is 4.08. The summed E-state index contributed by atoms with van der Waals surface area (Å²) in [6.07, 6.45) is 10.2. The van der Waals surface area contributed by atoms with E-state index in [1.807, 2.05) is 12.1 Å². The smallest absolute Gasteiger partial charge is 0.270 e. The number of furan rings is 1. The van der Waals surface area contributed by atoms with Crippen LogP contribution in [-0.4, -0.2) is 21.9 Å². The van der Waals surface area contributed by atoms with Gasteiger partial charge in [-0.05, 0) is 31.0 Å². The van der Waals surface area contributed by atoms with Crippen LogP contribution in [-0.2, 0) is 6.54 Å². The fourth-order valence-corrected chi connectivity index (χ4v) is 2.83. The largest absolute Gasteiger partial charge is 0.467 e. The fraction of sp³-hybridized carbons (Fsp3) is 0.471. The zero-order valence-electron chi connectivity index (χ0n) is 13.1. The lowest BCUT2D eigenvalue weighted by molar-refractivity contribution is 0.0928. The summed E-state index contributed by atoms with van der Waals surface area (Å²) in [5.41, 5.74) is 0.395. The molecule has 0 saturated heterocycles. The zero-order chi connectivity index (χ0) is 15.9. The fourth-order valence-electron chi connectivity index (χ4n) is 2.83. The number of amides is 1. The number of nitrogens with zero attached hydrogens (tertiary/aromatic N) is 2. The van der Waals surface area contributed by atoms with Gasteiger partial charge in [-0.1, -0.05) is 25.7 Å². The van der Waals surface area contributed by atoms with E-state index >= 15 is 0 Å². The van der Waals surface area contributed by atoms with E-state index in [1.54, 1.807) is 18.5 Å². The van der Waals surface area contributed by atoms with Gasteiger partial charge in [-0.2, -0.15) is 0 Å². The van der Waals surface area contributed by atoms with Crippen LogP contribution in [0.25, 0.3) is 0 Å². The molecule has 0 bridgehead atoms. The Kier molecular flexibility index (Phi) is 5.24. The topological polar surface area (TPSA) is 80.0 Å². The number of rotatable bonds is 5. The summed E-state index contributed by atoms with van der Waals surface area (Å²) in [6.45, 7) is 0.487. The molecule has 6 heteroatoms. The summed E-state index contributed by atoms with van der Waals surface area (Å²) in [5, 5.41) is 6.16. The molecule has 0 unspecified atom stereocenters. The first kappa shape index (κ1) is 15.5. The van der Waals surface area contributed by atoms with Gasteiger partial charge in [-0.25, -0.2) is 9.97 Å². The Morgan fingerprint density at radius 1 is 1.22 bits per heavy atom. The first-order chi connectivity index (χ1) is 11.3. The molecule has 23 heavy (non-hydrogen) atoms. The molecule has 0 aromatic carbocycles. The molecule has 2 aromatic heterocycles. The van der Waals surface area contributed by atoms with E-state index in [4.69, 9.17) is 4.42 Å². The summed E-state index contributed by atoms with van der Waals surface area (Å²) < 4.78 is 5.25. The second kappa shape index (κ2) is 7.76. The molecule has 0 spiro atoms. The highest BCUT2D eigenvalue weighted by atomic mass is 16.3. The monoisotopic (exact) mass is 314 g/mol. The summed E-state index contributed by atoms with van der Waals surface area (Å²) in [6, 6.07) is 5.60. The highest BCUT2D eigenvalue weighted by molar-refractivity contribution is 5.92. The molecule has 2 N–H and O–H groups in total. The number of nitrogens with one attached hydrogen (secondary N) is 2. The number of anilines is 1. The molecule has 6 nitrogen and oxygen atoms in total. The molecule has 1 saturated carbocycles. The van der Waals surface area contributed by atoms with E-state index < -0.39 is 0 Å². The highest BCUT2D eigenvalue weighted by Crippen LogP contribution is 2.17. The Morgan fingerprint density at radius 2 is 2.04 bits per heavy atom. The quantitative estimate of drug-likeness (QED) is 0.829. The maximum Gasteiger partial charge on any atom is 0.270 e. The van der Waals surface area contributed by atoms with Crippen molar-refractivity contribution in [2.45, 2.75) is 51.1 Å². The van der Waals surface area contributed by atoms with Gasteiger partial charge in [0.2, 0.25) is 5.95 Å². The van der Waals surface area contributed by atoms with Crippen LogP contribution in [0.4, 0.5) is 5.95 Å². The van der Waals surface area contributed by atoms with E-state index in [-0.39, 0.29) is 11.9 Å². The Morgan fingerprint density at radius 3 is 2.78 bits per heavy atom. The molecule has 0 radical (unpaired) electrons. The predicted molar refractivity (Wildman–Crippen MR) is 87.0 cm³/mol. The minimum atomic E-state index is -0.125. The van der Waals surface area contributed by atoms with Crippen LogP contribution in [0.3, 0.4) is 0 Å². The summed E-state index contributed by atoms with van der Waals surface area (Å²) in [7, 11) is 0. The summed E-state index contributed by atoms with van der Waals surface area (Å²) >= 11 is 0. The van der Waals surface area contributed by atoms with E-state index in [0.717, 1.165) is 18.6 Å². The number of aromatic nitrogens is 2. The van der Waals surface area contributed by atoms with E-state index in [0.29, 0.717) is 18.2 Å². The standard InChI is InChI=1S/C17H22N4O2/c22-16(20-13-6-3-1-2-4-7-13)15-9-10-18-17(21-15)19-12-14-8-5-11-23-14/h5,8-11,13H,1-4,6-7,12H2,(H,20,22)(H,18,19,21). The average Bonchev–Trinajstić information content (AvgIpc) is 2.97. The Bertz CT molecular complexity index is 619. The molecule has 1 aliphatic rings. The first-order valence-corrected chi connectivity index (χ1v) is 8.21. The van der Waals surface area contributed by atoms with Crippen LogP contribution < -0.4 is 10.6 Å². The zero-order valence-corrected chi connectivity index (χ0v) is 13.1. The molecule has 1 amide bonds. The van der Waals surface area contributed by atoms with Crippen LogP contribution >= 0.6 is 0 Å². The van der Waals surface area contributed by atoms with Crippen LogP contribution in [0.2, 0.25) is 0 Å². The first-order valence-electron chi connectivity index (χ1n) is 8.21. The molecule has 1 aliphatic carbocycles. The molecule has 0 atom stereocenters. The minimum Gasteiger partial charge on any atom is -0.467 e. The van der Waals surface area contributed by atoms with Crippen LogP contribution in [0, 0.1) is 0 Å². The van der Waals surface area contributed by atoms with Crippen molar-refractivity contribution in [2.75, 3.05) is 5.32 Å². The van der Waals surface area contributed by atoms with Gasteiger partial charge in [0.15, 0.2) is 0 Å². The van der Waals surface area contributed by atoms with Gasteiger partial charge in [0.05, 0.1) is 12.8 Å². The number of hydrogen-bond acceptors (Lipinski definition) is 5. The van der Waals surface area contributed by atoms with Gasteiger partial charge in [0.1, 0.15) is 11.5 Å². The Balaban J connectivity index is 1.58. The molecule has 2 aromatic rings. The normalized spacial score (nSPS) is 15.8. The van der Waals surface area contributed by atoms with E-state index in [1.165, 1.54) is 25.7 Å². The molecule has 1 fully saturated rings. The van der Waals surface area contributed by atoms with Gasteiger partial charge in [0.25, 0.3) is 5.91 Å². The lowest BCUT2D eigenvalue weighted by Crippen LogP contribution is -2.35. The molecule has 3 rings (SSSR count). The molecule has 122 valence electrons. The van der Waals surface area contributed by atoms with Gasteiger partial charge < -0.3 is 15.1 Å². The van der Waals surface area contributed by atoms with Crippen molar-refractivity contribution in [3.63, 3.8) is 0 Å². The Hall–Kier alpha value is -2.37. The van der Waals surface area contributed by atoms with Gasteiger partial charge in [-0.3, -0.25) is 4.79 Å². The number of carbonyl (C=O) groups is 1. The lowest BCUT2D eigenvalue weighted by Gasteiger charge is -2.16. The van der Waals surface area contributed by atoms with Crippen molar-refractivity contribution >= 4 is 11.9 Å². The second-order valence-corrected chi connectivity index (χ2v) is 5.86. The highest BCUT2D eigenvalue weighted by Gasteiger charge is 2.17. The van der Waals surface area contributed by atoms with Crippen LogP contribution in [0.15, 0.2) is 35.1 Å². The maximum atomic E-state index is 12.4. The van der Waals surface area contributed by atoms with E-state index in [9.17, 15) is 4.79 Å². The third kappa shape index (κ3) is 4.55. The van der Waals surface area contributed by atoms with Crippen molar-refractivity contribution < 1.29 is 9.21 Å². The van der Waals surface area contributed by atoms with Crippen molar-refractivity contribution in [2.24, 2.45) is 0 Å². The van der Waals surface area contributed by atoms with Crippen molar-refractivity contribution in [1.29, 1.82) is 0 Å². The van der Waals surface area contributed by atoms with Crippen LogP contribution in [0.1, 0.15) is 54.8 Å². The van der Waals surface area contributed by atoms with Crippen LogP contribution in [0.5, 0.6) is 0 Å². The van der Waals surface area contributed by atoms with Gasteiger partial charge >= 0.3 is 0 Å². The lowest BCUT2D eigenvalue weighted by atomic mass is 10.1. The molecular weight excluding hydrogens is 292 g/mol. The Labute approximate surface area is 135 Å². The minimum absolute atomic E-state index is 0.125.